The molecule has 3 aromatic rings. The van der Waals surface area contributed by atoms with Crippen LogP contribution in [-0.4, -0.2) is 46.5 Å². The molecule has 2 aromatic carbocycles. The molecule has 1 saturated heterocycles. The number of benzene rings is 2. The molecule has 0 bridgehead atoms. The Morgan fingerprint density at radius 1 is 1.09 bits per heavy atom. The van der Waals surface area contributed by atoms with E-state index in [1.165, 1.54) is 0 Å². The summed E-state index contributed by atoms with van der Waals surface area (Å²) < 4.78 is 27.8. The highest BCUT2D eigenvalue weighted by molar-refractivity contribution is 5.97. The number of rotatable bonds is 7. The number of fused-ring (bicyclic) bond motifs is 1. The summed E-state index contributed by atoms with van der Waals surface area (Å²) in [6, 6.07) is 12.5. The van der Waals surface area contributed by atoms with Gasteiger partial charge in [0.25, 0.3) is 5.91 Å². The minimum Gasteiger partial charge on any atom is -0.497 e. The maximum atomic E-state index is 13.1. The van der Waals surface area contributed by atoms with Crippen LogP contribution in [0.25, 0.3) is 11.0 Å². The molecule has 4 rings (SSSR count). The molecule has 1 fully saturated rings. The predicted molar refractivity (Wildman–Crippen MR) is 119 cm³/mol. The van der Waals surface area contributed by atoms with E-state index in [4.69, 9.17) is 23.4 Å². The van der Waals surface area contributed by atoms with E-state index in [0.717, 1.165) is 24.8 Å². The first-order valence-corrected chi connectivity index (χ1v) is 10.4. The maximum absolute atomic E-state index is 13.1. The minimum absolute atomic E-state index is 0.0264. The van der Waals surface area contributed by atoms with Crippen molar-refractivity contribution in [2.45, 2.75) is 18.9 Å². The Bertz CT molecular complexity index is 1180. The molecule has 0 spiro atoms. The van der Waals surface area contributed by atoms with Crippen LogP contribution in [0.5, 0.6) is 17.2 Å². The molecule has 1 aromatic heterocycles. The topological polar surface area (TPSA) is 91.5 Å². The lowest BCUT2D eigenvalue weighted by atomic mass is 10.1. The number of nitrogens with zero attached hydrogens (tertiary/aromatic N) is 1. The van der Waals surface area contributed by atoms with Crippen molar-refractivity contribution in [2.75, 3.05) is 34.5 Å². The number of carbonyl (C=O) groups excluding carboxylic acids is 1. The lowest BCUT2D eigenvalue weighted by Gasteiger charge is -2.12. The van der Waals surface area contributed by atoms with Gasteiger partial charge in [-0.3, -0.25) is 4.79 Å². The van der Waals surface area contributed by atoms with Gasteiger partial charge in [0.2, 0.25) is 5.55 Å². The summed E-state index contributed by atoms with van der Waals surface area (Å²) in [4.78, 5) is 17.7. The highest BCUT2D eigenvalue weighted by atomic mass is 16.5. The Hall–Kier alpha value is -3.52. The highest BCUT2D eigenvalue weighted by Crippen LogP contribution is 2.31. The smallest absolute Gasteiger partial charge is 0.256 e. The van der Waals surface area contributed by atoms with Gasteiger partial charge in [0.05, 0.1) is 27.4 Å². The molecule has 1 aliphatic heterocycles. The number of para-hydroxylation sites is 1. The normalized spacial score (nSPS) is 16.2. The molecule has 0 unspecified atom stereocenters. The molecule has 2 heterocycles. The molecule has 0 radical (unpaired) electrons. The first-order chi connectivity index (χ1) is 15.6. The number of hydrogen-bond acceptors (Lipinski definition) is 7. The molecule has 1 aliphatic rings. The van der Waals surface area contributed by atoms with Crippen LogP contribution < -0.4 is 25.1 Å². The Morgan fingerprint density at radius 3 is 2.66 bits per heavy atom. The summed E-state index contributed by atoms with van der Waals surface area (Å²) >= 11 is 0. The third-order valence-electron chi connectivity index (χ3n) is 5.33. The van der Waals surface area contributed by atoms with Crippen molar-refractivity contribution >= 4 is 22.6 Å². The average Bonchev–Trinajstić information content (AvgIpc) is 3.35. The van der Waals surface area contributed by atoms with Crippen LogP contribution in [0.4, 0.5) is 5.69 Å². The van der Waals surface area contributed by atoms with Gasteiger partial charge in [0, 0.05) is 24.6 Å². The van der Waals surface area contributed by atoms with Crippen molar-refractivity contribution in [3.8, 4) is 17.2 Å². The number of carbonyl (C=O) groups is 1. The Balaban J connectivity index is 1.82. The van der Waals surface area contributed by atoms with E-state index in [1.54, 1.807) is 51.7 Å². The minimum atomic E-state index is -0.291. The van der Waals surface area contributed by atoms with Crippen molar-refractivity contribution < 1.29 is 28.2 Å². The van der Waals surface area contributed by atoms with E-state index in [-0.39, 0.29) is 17.6 Å². The second-order valence-corrected chi connectivity index (χ2v) is 7.34. The van der Waals surface area contributed by atoms with Gasteiger partial charge in [-0.05, 0) is 37.1 Å². The van der Waals surface area contributed by atoms with Gasteiger partial charge >= 0.3 is 0 Å². The fraction of sp³-hybridized carbons (Fsp3) is 0.333. The predicted octanol–water partition coefficient (Wildman–Crippen LogP) is 3.60. The molecular weight excluding hydrogens is 412 g/mol. The summed E-state index contributed by atoms with van der Waals surface area (Å²) in [5, 5.41) is 3.67. The number of nitrogens with one attached hydrogen (secondary N) is 1. The average molecular weight is 438 g/mol. The van der Waals surface area contributed by atoms with Gasteiger partial charge < -0.3 is 28.7 Å². The van der Waals surface area contributed by atoms with E-state index in [0.29, 0.717) is 40.6 Å². The van der Waals surface area contributed by atoms with E-state index < -0.39 is 0 Å². The quantitative estimate of drug-likeness (QED) is 0.606. The fourth-order valence-corrected chi connectivity index (χ4v) is 3.62. The van der Waals surface area contributed by atoms with Gasteiger partial charge in [-0.25, -0.2) is 4.99 Å². The SMILES string of the molecule is COc1ccc(N=c2oc3c(OC)cccc3cc2C(=O)NC[C@H]2CCCO2)c(OC)c1. The molecular formula is C24H26N2O6. The van der Waals surface area contributed by atoms with Crippen molar-refractivity contribution in [3.63, 3.8) is 0 Å². The van der Waals surface area contributed by atoms with Crippen molar-refractivity contribution in [1.82, 2.24) is 5.32 Å². The monoisotopic (exact) mass is 438 g/mol. The van der Waals surface area contributed by atoms with Crippen LogP contribution in [0.1, 0.15) is 23.2 Å². The van der Waals surface area contributed by atoms with E-state index in [9.17, 15) is 4.79 Å². The number of ether oxygens (including phenoxy) is 4. The van der Waals surface area contributed by atoms with E-state index in [2.05, 4.69) is 10.3 Å². The zero-order valence-corrected chi connectivity index (χ0v) is 18.3. The number of methoxy groups -OCH3 is 3. The molecule has 1 amide bonds. The molecule has 8 nitrogen and oxygen atoms in total. The van der Waals surface area contributed by atoms with Crippen LogP contribution in [0.2, 0.25) is 0 Å². The molecule has 1 N–H and O–H groups in total. The second-order valence-electron chi connectivity index (χ2n) is 7.34. The first kappa shape index (κ1) is 21.7. The van der Waals surface area contributed by atoms with E-state index >= 15 is 0 Å². The largest absolute Gasteiger partial charge is 0.497 e. The van der Waals surface area contributed by atoms with Crippen LogP contribution >= 0.6 is 0 Å². The third-order valence-corrected chi connectivity index (χ3v) is 5.33. The van der Waals surface area contributed by atoms with Gasteiger partial charge in [0.1, 0.15) is 22.7 Å². The Kier molecular flexibility index (Phi) is 6.61. The van der Waals surface area contributed by atoms with Gasteiger partial charge in [-0.2, -0.15) is 0 Å². The van der Waals surface area contributed by atoms with Gasteiger partial charge in [-0.1, -0.05) is 12.1 Å². The van der Waals surface area contributed by atoms with Crippen molar-refractivity contribution in [1.29, 1.82) is 0 Å². The molecule has 0 saturated carbocycles. The summed E-state index contributed by atoms with van der Waals surface area (Å²) in [5.41, 5.74) is 1.45. The van der Waals surface area contributed by atoms with Crippen LogP contribution in [0, 0.1) is 0 Å². The Labute approximate surface area is 185 Å². The van der Waals surface area contributed by atoms with Crippen LogP contribution in [0.3, 0.4) is 0 Å². The summed E-state index contributed by atoms with van der Waals surface area (Å²) in [7, 11) is 4.69. The molecule has 32 heavy (non-hydrogen) atoms. The lowest BCUT2D eigenvalue weighted by molar-refractivity contribution is 0.0854. The number of amides is 1. The van der Waals surface area contributed by atoms with Crippen LogP contribution in [-0.2, 0) is 4.74 Å². The van der Waals surface area contributed by atoms with Gasteiger partial charge in [-0.15, -0.1) is 0 Å². The standard InChI is InChI=1S/C24H26N2O6/c1-28-16-9-10-19(21(13-16)30-3)26-24-18(23(27)25-14-17-7-5-11-31-17)12-15-6-4-8-20(29-2)22(15)32-24/h4,6,8-10,12-13,17H,5,7,11,14H2,1-3H3,(H,25,27)/t17-/m1/s1. The zero-order chi connectivity index (χ0) is 22.5. The highest BCUT2D eigenvalue weighted by Gasteiger charge is 2.19. The van der Waals surface area contributed by atoms with Crippen molar-refractivity contribution in [3.05, 3.63) is 53.6 Å². The van der Waals surface area contributed by atoms with E-state index in [1.807, 2.05) is 12.1 Å². The van der Waals surface area contributed by atoms with Crippen molar-refractivity contribution in [2.24, 2.45) is 4.99 Å². The maximum Gasteiger partial charge on any atom is 0.256 e. The first-order valence-electron chi connectivity index (χ1n) is 10.4. The second kappa shape index (κ2) is 9.74. The van der Waals surface area contributed by atoms with Gasteiger partial charge in [0.15, 0.2) is 11.3 Å². The lowest BCUT2D eigenvalue weighted by Crippen LogP contribution is -2.34. The third kappa shape index (κ3) is 4.55. The molecule has 8 heteroatoms. The Morgan fingerprint density at radius 2 is 1.94 bits per heavy atom. The van der Waals surface area contributed by atoms with Crippen LogP contribution in [0.15, 0.2) is 51.9 Å². The molecule has 168 valence electrons. The summed E-state index contributed by atoms with van der Waals surface area (Å²) in [6.07, 6.45) is 1.96. The fourth-order valence-electron chi connectivity index (χ4n) is 3.62. The molecule has 0 aliphatic carbocycles. The zero-order valence-electron chi connectivity index (χ0n) is 18.3. The molecule has 1 atom stereocenters. The summed E-state index contributed by atoms with van der Waals surface area (Å²) in [6.45, 7) is 1.16. The number of hydrogen-bond donors (Lipinski definition) is 1. The summed E-state index contributed by atoms with van der Waals surface area (Å²) in [5.74, 6) is 1.38.